The van der Waals surface area contributed by atoms with Crippen molar-refractivity contribution in [2.45, 2.75) is 32.1 Å². The molecule has 1 amide bonds. The second-order valence-electron chi connectivity index (χ2n) is 8.64. The van der Waals surface area contributed by atoms with Crippen LogP contribution in [0.25, 0.3) is 22.1 Å². The molecule has 4 heterocycles. The summed E-state index contributed by atoms with van der Waals surface area (Å²) in [6.45, 7) is 1.25. The third kappa shape index (κ3) is 3.82. The van der Waals surface area contributed by atoms with Crippen molar-refractivity contribution in [2.75, 3.05) is 5.32 Å². The Morgan fingerprint density at radius 3 is 2.51 bits per heavy atom. The first kappa shape index (κ1) is 21.4. The molecule has 0 bridgehead atoms. The zero-order valence-electron chi connectivity index (χ0n) is 18.5. The van der Waals surface area contributed by atoms with E-state index in [-0.39, 0.29) is 11.2 Å². The predicted octanol–water partition coefficient (Wildman–Crippen LogP) is 5.65. The molecule has 0 unspecified atom stereocenters. The van der Waals surface area contributed by atoms with Gasteiger partial charge in [0, 0.05) is 25.2 Å². The van der Waals surface area contributed by atoms with Crippen molar-refractivity contribution in [2.24, 2.45) is 0 Å². The number of aromatic nitrogens is 4. The number of aryl methyl sites for hydroxylation is 2. The lowest BCUT2D eigenvalue weighted by Crippen LogP contribution is -2.17. The van der Waals surface area contributed by atoms with Crippen LogP contribution in [0.4, 0.5) is 18.9 Å². The average molecular weight is 475 g/mol. The molecule has 35 heavy (non-hydrogen) atoms. The quantitative estimate of drug-likeness (QED) is 0.365. The van der Waals surface area contributed by atoms with Gasteiger partial charge >= 0.3 is 6.18 Å². The monoisotopic (exact) mass is 475 g/mol. The van der Waals surface area contributed by atoms with Crippen molar-refractivity contribution in [3.05, 3.63) is 89.5 Å². The van der Waals surface area contributed by atoms with Gasteiger partial charge in [-0.05, 0) is 48.4 Å². The molecule has 5 aromatic rings. The Balaban J connectivity index is 1.39. The summed E-state index contributed by atoms with van der Waals surface area (Å²) in [5.41, 5.74) is 3.11. The Bertz CT molecular complexity index is 1580. The molecule has 1 N–H and O–H groups in total. The molecule has 2 aromatic carbocycles. The molecule has 0 fully saturated rings. The summed E-state index contributed by atoms with van der Waals surface area (Å²) in [5, 5.41) is 2.89. The van der Waals surface area contributed by atoms with Crippen LogP contribution in [0.1, 0.15) is 34.0 Å². The minimum absolute atomic E-state index is 0.113. The number of carbonyl (C=O) groups excluding carboxylic acids is 1. The fourth-order valence-corrected chi connectivity index (χ4v) is 4.71. The number of pyridine rings is 1. The Morgan fingerprint density at radius 2 is 1.71 bits per heavy atom. The van der Waals surface area contributed by atoms with Crippen LogP contribution in [0.5, 0.6) is 0 Å². The number of benzene rings is 2. The van der Waals surface area contributed by atoms with Crippen LogP contribution in [-0.2, 0) is 25.7 Å². The van der Waals surface area contributed by atoms with Gasteiger partial charge < -0.3 is 14.5 Å². The maximum atomic E-state index is 13.3. The number of hydrogen-bond donors (Lipinski definition) is 1. The minimum atomic E-state index is -4.57. The number of anilines is 1. The Morgan fingerprint density at radius 1 is 0.943 bits per heavy atom. The molecule has 0 radical (unpaired) electrons. The van der Waals surface area contributed by atoms with E-state index in [1.807, 2.05) is 48.5 Å². The largest absolute Gasteiger partial charge is 0.433 e. The lowest BCUT2D eigenvalue weighted by Gasteiger charge is -2.12. The number of nitrogens with one attached hydrogen (secondary N) is 1. The highest BCUT2D eigenvalue weighted by atomic mass is 19.4. The van der Waals surface area contributed by atoms with Crippen molar-refractivity contribution in [1.29, 1.82) is 0 Å². The molecular weight excluding hydrogens is 455 g/mol. The Hall–Kier alpha value is -4.14. The van der Waals surface area contributed by atoms with Crippen LogP contribution in [-0.4, -0.2) is 25.0 Å². The first-order valence-corrected chi connectivity index (χ1v) is 11.3. The molecular formula is C26H20F3N5O. The second kappa shape index (κ2) is 7.97. The number of carbonyl (C=O) groups is 1. The third-order valence-corrected chi connectivity index (χ3v) is 6.33. The molecule has 0 aliphatic carbocycles. The Kier molecular flexibility index (Phi) is 4.87. The normalized spacial score (nSPS) is 13.5. The number of fused-ring (bicyclic) bond motifs is 4. The summed E-state index contributed by atoms with van der Waals surface area (Å²) in [4.78, 5) is 21.8. The highest BCUT2D eigenvalue weighted by Crippen LogP contribution is 2.31. The number of alkyl halides is 3. The van der Waals surface area contributed by atoms with Gasteiger partial charge in [0.15, 0.2) is 0 Å². The fourth-order valence-electron chi connectivity index (χ4n) is 4.71. The standard InChI is InChI=1S/C26H20F3N5O/c27-26(28,29)23-11-10-21-19(31-23)14-22(34(21)15-16-5-2-1-3-6-16)25(35)30-17-8-9-20-18(13-17)32-24-7-4-12-33(20)24/h1-3,5-6,8-11,13-14H,4,7,12,15H2,(H,30,35). The van der Waals surface area contributed by atoms with Crippen LogP contribution in [0.2, 0.25) is 0 Å². The van der Waals surface area contributed by atoms with E-state index in [0.717, 1.165) is 47.9 Å². The molecule has 176 valence electrons. The summed E-state index contributed by atoms with van der Waals surface area (Å²) in [6, 6.07) is 18.7. The van der Waals surface area contributed by atoms with Crippen molar-refractivity contribution in [1.82, 2.24) is 19.1 Å². The highest BCUT2D eigenvalue weighted by Gasteiger charge is 2.33. The number of imidazole rings is 1. The first-order valence-electron chi connectivity index (χ1n) is 11.3. The molecule has 0 saturated heterocycles. The average Bonchev–Trinajstić information content (AvgIpc) is 3.52. The number of amides is 1. The third-order valence-electron chi connectivity index (χ3n) is 6.33. The van der Waals surface area contributed by atoms with Gasteiger partial charge in [-0.1, -0.05) is 30.3 Å². The van der Waals surface area contributed by atoms with Crippen LogP contribution in [0, 0.1) is 0 Å². The van der Waals surface area contributed by atoms with Crippen molar-refractivity contribution >= 4 is 33.7 Å². The molecule has 0 spiro atoms. The van der Waals surface area contributed by atoms with Crippen LogP contribution in [0.15, 0.2) is 66.7 Å². The SMILES string of the molecule is O=C(Nc1ccc2c(c1)nc1n2CCC1)c1cc2nc(C(F)(F)F)ccc2n1Cc1ccccc1. The van der Waals surface area contributed by atoms with Crippen LogP contribution in [0.3, 0.4) is 0 Å². The topological polar surface area (TPSA) is 64.7 Å². The van der Waals surface area contributed by atoms with E-state index in [1.165, 1.54) is 12.1 Å². The summed E-state index contributed by atoms with van der Waals surface area (Å²) < 4.78 is 43.6. The molecule has 3 aromatic heterocycles. The van der Waals surface area contributed by atoms with Crippen molar-refractivity contribution in [3.63, 3.8) is 0 Å². The number of halogens is 3. The van der Waals surface area contributed by atoms with Gasteiger partial charge in [0.1, 0.15) is 17.2 Å². The predicted molar refractivity (Wildman–Crippen MR) is 126 cm³/mol. The maximum absolute atomic E-state index is 13.3. The zero-order valence-corrected chi connectivity index (χ0v) is 18.5. The van der Waals surface area contributed by atoms with Gasteiger partial charge in [-0.3, -0.25) is 4.79 Å². The van der Waals surface area contributed by atoms with E-state index in [9.17, 15) is 18.0 Å². The summed E-state index contributed by atoms with van der Waals surface area (Å²) in [6.07, 6.45) is -2.56. The van der Waals surface area contributed by atoms with E-state index in [1.54, 1.807) is 4.57 Å². The number of nitrogens with zero attached hydrogens (tertiary/aromatic N) is 4. The smallest absolute Gasteiger partial charge is 0.331 e. The molecule has 1 aliphatic rings. The summed E-state index contributed by atoms with van der Waals surface area (Å²) >= 11 is 0. The number of hydrogen-bond acceptors (Lipinski definition) is 3. The lowest BCUT2D eigenvalue weighted by atomic mass is 10.2. The Labute approximate surface area is 198 Å². The van der Waals surface area contributed by atoms with Gasteiger partial charge in [0.2, 0.25) is 0 Å². The van der Waals surface area contributed by atoms with E-state index in [2.05, 4.69) is 19.9 Å². The van der Waals surface area contributed by atoms with E-state index in [0.29, 0.717) is 17.7 Å². The van der Waals surface area contributed by atoms with E-state index in [4.69, 9.17) is 0 Å². The van der Waals surface area contributed by atoms with Crippen LogP contribution >= 0.6 is 0 Å². The van der Waals surface area contributed by atoms with E-state index >= 15 is 0 Å². The van der Waals surface area contributed by atoms with Crippen molar-refractivity contribution in [3.8, 4) is 0 Å². The van der Waals surface area contributed by atoms with Crippen LogP contribution < -0.4 is 5.32 Å². The fraction of sp³-hybridized carbons (Fsp3) is 0.192. The minimum Gasteiger partial charge on any atom is -0.331 e. The van der Waals surface area contributed by atoms with Gasteiger partial charge in [-0.25, -0.2) is 9.97 Å². The van der Waals surface area contributed by atoms with E-state index < -0.39 is 17.8 Å². The van der Waals surface area contributed by atoms with Gasteiger partial charge in [0.25, 0.3) is 5.91 Å². The zero-order chi connectivity index (χ0) is 24.2. The first-order chi connectivity index (χ1) is 16.9. The maximum Gasteiger partial charge on any atom is 0.433 e. The molecule has 9 heteroatoms. The molecule has 6 rings (SSSR count). The van der Waals surface area contributed by atoms with Crippen molar-refractivity contribution < 1.29 is 18.0 Å². The second-order valence-corrected chi connectivity index (χ2v) is 8.64. The molecule has 1 aliphatic heterocycles. The van der Waals surface area contributed by atoms with Gasteiger partial charge in [0.05, 0.1) is 22.1 Å². The lowest BCUT2D eigenvalue weighted by molar-refractivity contribution is -0.140. The summed E-state index contributed by atoms with van der Waals surface area (Å²) in [5.74, 6) is 0.608. The molecule has 0 saturated carbocycles. The van der Waals surface area contributed by atoms with Gasteiger partial charge in [-0.2, -0.15) is 13.2 Å². The summed E-state index contributed by atoms with van der Waals surface area (Å²) in [7, 11) is 0. The molecule has 6 nitrogen and oxygen atoms in total. The van der Waals surface area contributed by atoms with Gasteiger partial charge in [-0.15, -0.1) is 0 Å². The molecule has 0 atom stereocenters. The highest BCUT2D eigenvalue weighted by molar-refractivity contribution is 6.06. The number of rotatable bonds is 4.